The summed E-state index contributed by atoms with van der Waals surface area (Å²) < 4.78 is 5.62. The topological polar surface area (TPSA) is 80.9 Å². The maximum atomic E-state index is 12.6. The fourth-order valence-electron chi connectivity index (χ4n) is 4.57. The number of benzene rings is 1. The number of carbonyl (C=O) groups is 1. The third-order valence-corrected chi connectivity index (χ3v) is 6.83. The largest absolute Gasteiger partial charge is 0.356 e. The molecule has 1 amide bonds. The molecular formula is C26H32N4O2. The standard InChI is InChI=1S/C26H32N4O2/c1-16-18(3)30-32-25(16)23-15-27-19(4)29-24(23)22-12-10-20(11-13-22)14-28-26(31)17(2)21-8-6-5-7-9-21/h5-9,15,17,20,22H,10-14H2,1-4H3,(H,28,31). The fraction of sp³-hybridized carbons (Fsp3) is 0.462. The minimum absolute atomic E-state index is 0.100. The molecule has 1 aliphatic carbocycles. The quantitative estimate of drug-likeness (QED) is 0.575. The number of aryl methyl sites for hydroxylation is 2. The van der Waals surface area contributed by atoms with Crippen LogP contribution in [0, 0.1) is 26.7 Å². The van der Waals surface area contributed by atoms with Crippen LogP contribution in [0.2, 0.25) is 0 Å². The van der Waals surface area contributed by atoms with E-state index in [0.29, 0.717) is 11.8 Å². The van der Waals surface area contributed by atoms with E-state index >= 15 is 0 Å². The molecule has 4 rings (SSSR count). The first-order chi connectivity index (χ1) is 15.4. The van der Waals surface area contributed by atoms with Gasteiger partial charge in [0.05, 0.1) is 22.9 Å². The van der Waals surface area contributed by atoms with Gasteiger partial charge in [0.25, 0.3) is 0 Å². The Bertz CT molecular complexity index is 1070. The molecule has 1 aliphatic rings. The maximum Gasteiger partial charge on any atom is 0.227 e. The third-order valence-electron chi connectivity index (χ3n) is 6.83. The van der Waals surface area contributed by atoms with E-state index in [9.17, 15) is 4.79 Å². The van der Waals surface area contributed by atoms with Gasteiger partial charge >= 0.3 is 0 Å². The van der Waals surface area contributed by atoms with Crippen molar-refractivity contribution in [3.63, 3.8) is 0 Å². The average molecular weight is 433 g/mol. The van der Waals surface area contributed by atoms with E-state index in [1.54, 1.807) is 0 Å². The van der Waals surface area contributed by atoms with Gasteiger partial charge < -0.3 is 9.84 Å². The second-order valence-corrected chi connectivity index (χ2v) is 9.03. The molecule has 0 saturated heterocycles. The van der Waals surface area contributed by atoms with Crippen LogP contribution >= 0.6 is 0 Å². The zero-order valence-electron chi connectivity index (χ0n) is 19.4. The summed E-state index contributed by atoms with van der Waals surface area (Å²) in [5.74, 6) is 2.39. The molecule has 32 heavy (non-hydrogen) atoms. The first-order valence-corrected chi connectivity index (χ1v) is 11.5. The number of hydrogen-bond donors (Lipinski definition) is 1. The van der Waals surface area contributed by atoms with E-state index in [4.69, 9.17) is 9.51 Å². The molecule has 0 spiro atoms. The van der Waals surface area contributed by atoms with Crippen LogP contribution in [0.5, 0.6) is 0 Å². The number of carbonyl (C=O) groups excluding carboxylic acids is 1. The minimum Gasteiger partial charge on any atom is -0.356 e. The molecule has 1 atom stereocenters. The highest BCUT2D eigenvalue weighted by molar-refractivity contribution is 5.83. The van der Waals surface area contributed by atoms with Crippen molar-refractivity contribution in [1.29, 1.82) is 0 Å². The average Bonchev–Trinajstić information content (AvgIpc) is 3.16. The lowest BCUT2D eigenvalue weighted by molar-refractivity contribution is -0.122. The molecule has 3 aromatic rings. The highest BCUT2D eigenvalue weighted by atomic mass is 16.5. The van der Waals surface area contributed by atoms with Gasteiger partial charge in [-0.3, -0.25) is 4.79 Å². The van der Waals surface area contributed by atoms with Crippen LogP contribution in [0.25, 0.3) is 11.3 Å². The van der Waals surface area contributed by atoms with Crippen molar-refractivity contribution >= 4 is 5.91 Å². The van der Waals surface area contributed by atoms with E-state index in [2.05, 4.69) is 15.5 Å². The van der Waals surface area contributed by atoms with E-state index in [1.807, 2.05) is 64.2 Å². The van der Waals surface area contributed by atoms with Gasteiger partial charge in [0.2, 0.25) is 5.91 Å². The fourth-order valence-corrected chi connectivity index (χ4v) is 4.57. The van der Waals surface area contributed by atoms with Gasteiger partial charge in [-0.05, 0) is 64.9 Å². The van der Waals surface area contributed by atoms with Gasteiger partial charge in [-0.15, -0.1) is 0 Å². The summed E-state index contributed by atoms with van der Waals surface area (Å²) in [5, 5.41) is 7.29. The summed E-state index contributed by atoms with van der Waals surface area (Å²) >= 11 is 0. The third kappa shape index (κ3) is 4.74. The molecule has 6 heteroatoms. The van der Waals surface area contributed by atoms with Crippen molar-refractivity contribution in [1.82, 2.24) is 20.4 Å². The summed E-state index contributed by atoms with van der Waals surface area (Å²) in [6, 6.07) is 9.95. The van der Waals surface area contributed by atoms with Gasteiger partial charge in [-0.25, -0.2) is 9.97 Å². The molecule has 2 heterocycles. The molecule has 6 nitrogen and oxygen atoms in total. The molecule has 0 bridgehead atoms. The Hall–Kier alpha value is -3.02. The van der Waals surface area contributed by atoms with Crippen molar-refractivity contribution in [3.8, 4) is 11.3 Å². The van der Waals surface area contributed by atoms with Crippen LogP contribution in [0.1, 0.15) is 72.8 Å². The number of aromatic nitrogens is 3. The lowest BCUT2D eigenvalue weighted by Crippen LogP contribution is -2.33. The smallest absolute Gasteiger partial charge is 0.227 e. The molecule has 168 valence electrons. The minimum atomic E-state index is -0.132. The highest BCUT2D eigenvalue weighted by Gasteiger charge is 2.28. The first kappa shape index (κ1) is 22.2. The molecule has 1 aromatic carbocycles. The molecule has 0 radical (unpaired) electrons. The van der Waals surface area contributed by atoms with E-state index in [-0.39, 0.29) is 11.8 Å². The van der Waals surface area contributed by atoms with Crippen LogP contribution in [0.3, 0.4) is 0 Å². The summed E-state index contributed by atoms with van der Waals surface area (Å²) in [5.41, 5.74) is 5.02. The lowest BCUT2D eigenvalue weighted by Gasteiger charge is -2.29. The van der Waals surface area contributed by atoms with Gasteiger partial charge in [-0.2, -0.15) is 0 Å². The van der Waals surface area contributed by atoms with Crippen LogP contribution < -0.4 is 5.32 Å². The Morgan fingerprint density at radius 3 is 2.50 bits per heavy atom. The van der Waals surface area contributed by atoms with Crippen molar-refractivity contribution in [2.75, 3.05) is 6.54 Å². The predicted octanol–water partition coefficient (Wildman–Crippen LogP) is 5.25. The molecule has 0 aliphatic heterocycles. The summed E-state index contributed by atoms with van der Waals surface area (Å²) in [6.07, 6.45) is 6.11. The Labute approximate surface area is 189 Å². The second kappa shape index (κ2) is 9.63. The van der Waals surface area contributed by atoms with Crippen LogP contribution in [-0.2, 0) is 4.79 Å². The van der Waals surface area contributed by atoms with Crippen LogP contribution in [0.15, 0.2) is 41.1 Å². The Morgan fingerprint density at radius 1 is 1.12 bits per heavy atom. The summed E-state index contributed by atoms with van der Waals surface area (Å²) in [4.78, 5) is 21.8. The lowest BCUT2D eigenvalue weighted by atomic mass is 9.79. The summed E-state index contributed by atoms with van der Waals surface area (Å²) in [6.45, 7) is 8.61. The molecule has 2 aromatic heterocycles. The van der Waals surface area contributed by atoms with Gasteiger partial charge in [0, 0.05) is 24.2 Å². The predicted molar refractivity (Wildman–Crippen MR) is 124 cm³/mol. The number of amides is 1. The molecule has 1 saturated carbocycles. The molecular weight excluding hydrogens is 400 g/mol. The summed E-state index contributed by atoms with van der Waals surface area (Å²) in [7, 11) is 0. The van der Waals surface area contributed by atoms with Gasteiger partial charge in [0.1, 0.15) is 5.82 Å². The zero-order chi connectivity index (χ0) is 22.7. The highest BCUT2D eigenvalue weighted by Crippen LogP contribution is 2.39. The van der Waals surface area contributed by atoms with Crippen molar-refractivity contribution in [3.05, 3.63) is 64.9 Å². The molecule has 1 fully saturated rings. The zero-order valence-corrected chi connectivity index (χ0v) is 19.4. The van der Waals surface area contributed by atoms with Crippen molar-refractivity contribution in [2.24, 2.45) is 5.92 Å². The van der Waals surface area contributed by atoms with Crippen molar-refractivity contribution < 1.29 is 9.32 Å². The van der Waals surface area contributed by atoms with Crippen LogP contribution in [0.4, 0.5) is 0 Å². The monoisotopic (exact) mass is 432 g/mol. The van der Waals surface area contributed by atoms with Gasteiger partial charge in [0.15, 0.2) is 5.76 Å². The Morgan fingerprint density at radius 2 is 1.84 bits per heavy atom. The Balaban J connectivity index is 1.38. The van der Waals surface area contributed by atoms with Gasteiger partial charge in [-0.1, -0.05) is 35.5 Å². The van der Waals surface area contributed by atoms with E-state index < -0.39 is 0 Å². The SMILES string of the molecule is Cc1ncc(-c2onc(C)c2C)c(C2CCC(CNC(=O)C(C)c3ccccc3)CC2)n1. The molecule has 1 N–H and O–H groups in total. The molecule has 1 unspecified atom stereocenters. The van der Waals surface area contributed by atoms with Crippen molar-refractivity contribution in [2.45, 2.75) is 65.2 Å². The Kier molecular flexibility index (Phi) is 6.68. The second-order valence-electron chi connectivity index (χ2n) is 9.03. The number of nitrogens with zero attached hydrogens (tertiary/aromatic N) is 3. The van der Waals surface area contributed by atoms with E-state index in [0.717, 1.165) is 71.9 Å². The number of hydrogen-bond acceptors (Lipinski definition) is 5. The normalized spacial score (nSPS) is 19.5. The first-order valence-electron chi connectivity index (χ1n) is 11.5. The van der Waals surface area contributed by atoms with Crippen LogP contribution in [-0.4, -0.2) is 27.6 Å². The number of rotatable bonds is 6. The number of nitrogens with one attached hydrogen (secondary N) is 1. The van der Waals surface area contributed by atoms with E-state index in [1.165, 1.54) is 0 Å². The maximum absolute atomic E-state index is 12.6.